The highest BCUT2D eigenvalue weighted by Crippen LogP contribution is 2.28. The standard InChI is InChI=1S/C13H8Cl2F2O3S/c14-9-4-2-1-3-8(9)7-20-10-5-6-11(21(15,18)19)13(17)12(10)16/h1-6H,7H2. The van der Waals surface area contributed by atoms with Gasteiger partial charge >= 0.3 is 0 Å². The largest absolute Gasteiger partial charge is 0.486 e. The summed E-state index contributed by atoms with van der Waals surface area (Å²) in [4.78, 5) is -0.938. The second kappa shape index (κ2) is 6.17. The monoisotopic (exact) mass is 352 g/mol. The quantitative estimate of drug-likeness (QED) is 0.777. The minimum atomic E-state index is -4.37. The number of hydrogen-bond acceptors (Lipinski definition) is 3. The molecule has 2 aromatic rings. The molecule has 2 rings (SSSR count). The van der Waals surface area contributed by atoms with Crippen LogP contribution < -0.4 is 4.74 Å². The Morgan fingerprint density at radius 2 is 1.71 bits per heavy atom. The van der Waals surface area contributed by atoms with Crippen molar-refractivity contribution in [2.24, 2.45) is 0 Å². The zero-order valence-electron chi connectivity index (χ0n) is 10.3. The van der Waals surface area contributed by atoms with Crippen molar-refractivity contribution in [3.63, 3.8) is 0 Å². The Labute approximate surface area is 129 Å². The average molecular weight is 353 g/mol. The van der Waals surface area contributed by atoms with Crippen LogP contribution in [0.5, 0.6) is 5.75 Å². The molecule has 0 bridgehead atoms. The number of benzene rings is 2. The maximum atomic E-state index is 13.7. The minimum absolute atomic E-state index is 0.0942. The topological polar surface area (TPSA) is 43.4 Å². The van der Waals surface area contributed by atoms with Crippen LogP contribution in [-0.4, -0.2) is 8.42 Å². The predicted octanol–water partition coefficient (Wildman–Crippen LogP) is 4.12. The van der Waals surface area contributed by atoms with Crippen molar-refractivity contribution in [2.75, 3.05) is 0 Å². The fraction of sp³-hybridized carbons (Fsp3) is 0.0769. The fourth-order valence-electron chi connectivity index (χ4n) is 1.58. The van der Waals surface area contributed by atoms with E-state index in [-0.39, 0.29) is 6.61 Å². The number of halogens is 4. The van der Waals surface area contributed by atoms with Crippen LogP contribution in [0.25, 0.3) is 0 Å². The first-order chi connectivity index (χ1) is 9.80. The number of rotatable bonds is 4. The van der Waals surface area contributed by atoms with Crippen LogP contribution in [0.4, 0.5) is 8.78 Å². The predicted molar refractivity (Wildman–Crippen MR) is 75.2 cm³/mol. The molecule has 0 unspecified atom stereocenters. The van der Waals surface area contributed by atoms with E-state index in [0.717, 1.165) is 12.1 Å². The lowest BCUT2D eigenvalue weighted by molar-refractivity contribution is 0.283. The van der Waals surface area contributed by atoms with E-state index in [4.69, 9.17) is 27.0 Å². The summed E-state index contributed by atoms with van der Waals surface area (Å²) in [6, 6.07) is 8.54. The van der Waals surface area contributed by atoms with Gasteiger partial charge in [0.25, 0.3) is 9.05 Å². The van der Waals surface area contributed by atoms with Crippen LogP contribution in [-0.2, 0) is 15.7 Å². The van der Waals surface area contributed by atoms with Gasteiger partial charge in [-0.1, -0.05) is 29.8 Å². The maximum absolute atomic E-state index is 13.7. The van der Waals surface area contributed by atoms with E-state index in [1.807, 2.05) is 0 Å². The molecule has 3 nitrogen and oxygen atoms in total. The van der Waals surface area contributed by atoms with Crippen LogP contribution in [0.15, 0.2) is 41.3 Å². The normalized spacial score (nSPS) is 11.4. The van der Waals surface area contributed by atoms with Gasteiger partial charge in [0.15, 0.2) is 11.6 Å². The van der Waals surface area contributed by atoms with Crippen molar-refractivity contribution < 1.29 is 21.9 Å². The van der Waals surface area contributed by atoms with Gasteiger partial charge in [0.05, 0.1) is 0 Å². The third kappa shape index (κ3) is 3.64. The van der Waals surface area contributed by atoms with E-state index in [0.29, 0.717) is 10.6 Å². The summed E-state index contributed by atoms with van der Waals surface area (Å²) < 4.78 is 54.6. The summed E-state index contributed by atoms with van der Waals surface area (Å²) in [5.74, 6) is -3.44. The molecule has 2 aromatic carbocycles. The van der Waals surface area contributed by atoms with Crippen molar-refractivity contribution >= 4 is 31.3 Å². The SMILES string of the molecule is O=S(=O)(Cl)c1ccc(OCc2ccccc2Cl)c(F)c1F. The number of hydrogen-bond donors (Lipinski definition) is 0. The van der Waals surface area contributed by atoms with Gasteiger partial charge in [0, 0.05) is 21.3 Å². The summed E-state index contributed by atoms with van der Waals surface area (Å²) >= 11 is 5.90. The molecule has 0 heterocycles. The zero-order valence-corrected chi connectivity index (χ0v) is 12.6. The van der Waals surface area contributed by atoms with Gasteiger partial charge in [0.1, 0.15) is 11.5 Å². The molecule has 0 spiro atoms. The van der Waals surface area contributed by atoms with Crippen molar-refractivity contribution in [3.8, 4) is 5.75 Å². The lowest BCUT2D eigenvalue weighted by atomic mass is 10.2. The molecule has 0 aliphatic carbocycles. The first-order valence-electron chi connectivity index (χ1n) is 5.59. The summed E-state index contributed by atoms with van der Waals surface area (Å²) in [6.45, 7) is -0.0942. The number of ether oxygens (including phenoxy) is 1. The van der Waals surface area contributed by atoms with Crippen LogP contribution in [0.3, 0.4) is 0 Å². The van der Waals surface area contributed by atoms with Gasteiger partial charge in [-0.15, -0.1) is 0 Å². The smallest absolute Gasteiger partial charge is 0.264 e. The van der Waals surface area contributed by atoms with E-state index in [1.165, 1.54) is 0 Å². The van der Waals surface area contributed by atoms with Crippen LogP contribution in [0.1, 0.15) is 5.56 Å². The summed E-state index contributed by atoms with van der Waals surface area (Å²) in [5, 5.41) is 0.415. The van der Waals surface area contributed by atoms with E-state index in [9.17, 15) is 17.2 Å². The molecule has 0 N–H and O–H groups in total. The fourth-order valence-corrected chi connectivity index (χ4v) is 2.67. The average Bonchev–Trinajstić information content (AvgIpc) is 2.40. The second-order valence-electron chi connectivity index (χ2n) is 4.01. The Kier molecular flexibility index (Phi) is 4.70. The Bertz CT molecular complexity index is 779. The first-order valence-corrected chi connectivity index (χ1v) is 8.28. The molecular weight excluding hydrogens is 345 g/mol. The molecular formula is C13H8Cl2F2O3S. The van der Waals surface area contributed by atoms with Crippen molar-refractivity contribution in [1.82, 2.24) is 0 Å². The zero-order chi connectivity index (χ0) is 15.6. The molecule has 0 saturated heterocycles. The summed E-state index contributed by atoms with van der Waals surface area (Å²) in [5.41, 5.74) is 0.577. The highest BCUT2D eigenvalue weighted by Gasteiger charge is 2.22. The van der Waals surface area contributed by atoms with Crippen LogP contribution >= 0.6 is 22.3 Å². The van der Waals surface area contributed by atoms with Gasteiger partial charge in [-0.05, 0) is 18.2 Å². The molecule has 0 fully saturated rings. The highest BCUT2D eigenvalue weighted by atomic mass is 35.7. The Morgan fingerprint density at radius 3 is 2.33 bits per heavy atom. The molecule has 0 aliphatic rings. The molecule has 8 heteroatoms. The third-order valence-electron chi connectivity index (χ3n) is 2.62. The highest BCUT2D eigenvalue weighted by molar-refractivity contribution is 8.13. The van der Waals surface area contributed by atoms with Crippen LogP contribution in [0, 0.1) is 11.6 Å². The molecule has 0 saturated carbocycles. The minimum Gasteiger partial charge on any atom is -0.486 e. The molecule has 0 aromatic heterocycles. The molecule has 0 radical (unpaired) electrons. The summed E-state index contributed by atoms with van der Waals surface area (Å²) in [6.07, 6.45) is 0. The van der Waals surface area contributed by atoms with Gasteiger partial charge in [-0.3, -0.25) is 0 Å². The van der Waals surface area contributed by atoms with Gasteiger partial charge in [-0.2, -0.15) is 4.39 Å². The lowest BCUT2D eigenvalue weighted by Gasteiger charge is -2.10. The summed E-state index contributed by atoms with van der Waals surface area (Å²) in [7, 11) is 0.623. The molecule has 0 atom stereocenters. The van der Waals surface area contributed by atoms with E-state index in [1.54, 1.807) is 24.3 Å². The molecule has 0 aliphatic heterocycles. The lowest BCUT2D eigenvalue weighted by Crippen LogP contribution is -2.03. The Balaban J connectivity index is 2.27. The van der Waals surface area contributed by atoms with Crippen molar-refractivity contribution in [1.29, 1.82) is 0 Å². The molecule has 21 heavy (non-hydrogen) atoms. The van der Waals surface area contributed by atoms with E-state index in [2.05, 4.69) is 0 Å². The van der Waals surface area contributed by atoms with Gasteiger partial charge < -0.3 is 4.74 Å². The van der Waals surface area contributed by atoms with Crippen molar-refractivity contribution in [3.05, 3.63) is 58.6 Å². The van der Waals surface area contributed by atoms with Crippen LogP contribution in [0.2, 0.25) is 5.02 Å². The third-order valence-corrected chi connectivity index (χ3v) is 4.32. The van der Waals surface area contributed by atoms with Gasteiger partial charge in [-0.25, -0.2) is 12.8 Å². The maximum Gasteiger partial charge on any atom is 0.264 e. The first kappa shape index (κ1) is 16.0. The molecule has 0 amide bonds. The Morgan fingerprint density at radius 1 is 1.05 bits per heavy atom. The van der Waals surface area contributed by atoms with Gasteiger partial charge in [0.2, 0.25) is 5.82 Å². The second-order valence-corrected chi connectivity index (χ2v) is 6.95. The molecule has 112 valence electrons. The van der Waals surface area contributed by atoms with E-state index < -0.39 is 31.3 Å². The van der Waals surface area contributed by atoms with E-state index >= 15 is 0 Å². The Hall–Kier alpha value is -1.37. The van der Waals surface area contributed by atoms with Crippen molar-refractivity contribution in [2.45, 2.75) is 11.5 Å².